The van der Waals surface area contributed by atoms with Gasteiger partial charge in [0.1, 0.15) is 0 Å². The minimum atomic E-state index is 0.0883. The molecule has 2 nitrogen and oxygen atoms in total. The molecule has 3 atom stereocenters. The van der Waals surface area contributed by atoms with E-state index in [2.05, 4.69) is 47.6 Å². The molecule has 0 rings (SSSR count). The first-order valence-corrected chi connectivity index (χ1v) is 9.31. The zero-order valence-corrected chi connectivity index (χ0v) is 16.2. The van der Waals surface area contributed by atoms with Gasteiger partial charge in [0, 0.05) is 19.6 Å². The Labute approximate surface area is 139 Å². The van der Waals surface area contributed by atoms with E-state index in [0.29, 0.717) is 24.5 Å². The Morgan fingerprint density at radius 3 is 2.18 bits per heavy atom. The van der Waals surface area contributed by atoms with Gasteiger partial charge in [-0.3, -0.25) is 0 Å². The highest BCUT2D eigenvalue weighted by Crippen LogP contribution is 2.32. The van der Waals surface area contributed by atoms with Crippen LogP contribution in [0.15, 0.2) is 11.6 Å². The van der Waals surface area contributed by atoms with Gasteiger partial charge in [-0.2, -0.15) is 0 Å². The van der Waals surface area contributed by atoms with Gasteiger partial charge >= 0.3 is 0 Å². The molecule has 0 aromatic heterocycles. The predicted molar refractivity (Wildman–Crippen MR) is 99.1 cm³/mol. The van der Waals surface area contributed by atoms with Crippen LogP contribution in [0.5, 0.6) is 0 Å². The van der Waals surface area contributed by atoms with Crippen LogP contribution in [0.2, 0.25) is 0 Å². The first-order valence-electron chi connectivity index (χ1n) is 9.31. The van der Waals surface area contributed by atoms with E-state index in [4.69, 9.17) is 10.5 Å². The van der Waals surface area contributed by atoms with Crippen LogP contribution in [0.25, 0.3) is 0 Å². The van der Waals surface area contributed by atoms with E-state index >= 15 is 0 Å². The molecule has 0 aliphatic heterocycles. The molecule has 2 heteroatoms. The molecule has 0 aromatic carbocycles. The SMILES string of the molecule is CCCC[C@@H](CCC)[C@@H](OC)[C@@H](C)/C=C(/CC)C(C)(C)CN. The Bertz CT molecular complexity index is 309. The molecule has 0 unspecified atom stereocenters. The summed E-state index contributed by atoms with van der Waals surface area (Å²) < 4.78 is 5.94. The zero-order valence-electron chi connectivity index (χ0n) is 16.2. The minimum Gasteiger partial charge on any atom is -0.381 e. The summed E-state index contributed by atoms with van der Waals surface area (Å²) in [4.78, 5) is 0. The number of hydrogen-bond acceptors (Lipinski definition) is 2. The summed E-state index contributed by atoms with van der Waals surface area (Å²) in [6, 6.07) is 0. The highest BCUT2D eigenvalue weighted by Gasteiger charge is 2.27. The van der Waals surface area contributed by atoms with E-state index in [1.54, 1.807) is 0 Å². The first kappa shape index (κ1) is 21.7. The fraction of sp³-hybridized carbons (Fsp3) is 0.900. The van der Waals surface area contributed by atoms with Gasteiger partial charge in [-0.05, 0) is 30.6 Å². The van der Waals surface area contributed by atoms with Crippen LogP contribution in [0.1, 0.15) is 80.1 Å². The molecule has 0 fully saturated rings. The van der Waals surface area contributed by atoms with Crippen molar-refractivity contribution in [2.45, 2.75) is 86.2 Å². The highest BCUT2D eigenvalue weighted by atomic mass is 16.5. The predicted octanol–water partition coefficient (Wildman–Crippen LogP) is 5.57. The molecule has 0 aromatic rings. The van der Waals surface area contributed by atoms with Crippen LogP contribution in [-0.2, 0) is 4.74 Å². The van der Waals surface area contributed by atoms with Crippen molar-refractivity contribution in [1.29, 1.82) is 0 Å². The van der Waals surface area contributed by atoms with E-state index in [9.17, 15) is 0 Å². The van der Waals surface area contributed by atoms with Crippen molar-refractivity contribution < 1.29 is 4.74 Å². The summed E-state index contributed by atoms with van der Waals surface area (Å²) in [6.07, 6.45) is 10.2. The summed E-state index contributed by atoms with van der Waals surface area (Å²) in [5.74, 6) is 1.11. The second-order valence-electron chi connectivity index (χ2n) is 7.38. The lowest BCUT2D eigenvalue weighted by molar-refractivity contribution is 0.0175. The first-order chi connectivity index (χ1) is 10.4. The Morgan fingerprint density at radius 1 is 1.14 bits per heavy atom. The third kappa shape index (κ3) is 6.83. The average molecular weight is 312 g/mol. The van der Waals surface area contributed by atoms with Crippen molar-refractivity contribution in [3.8, 4) is 0 Å². The summed E-state index contributed by atoms with van der Waals surface area (Å²) in [6.45, 7) is 14.3. The average Bonchev–Trinajstić information content (AvgIpc) is 2.50. The van der Waals surface area contributed by atoms with E-state index in [-0.39, 0.29) is 5.41 Å². The largest absolute Gasteiger partial charge is 0.381 e. The van der Waals surface area contributed by atoms with Crippen LogP contribution in [-0.4, -0.2) is 19.8 Å². The van der Waals surface area contributed by atoms with Crippen molar-refractivity contribution in [2.24, 2.45) is 23.0 Å². The molecule has 0 aliphatic rings. The quantitative estimate of drug-likeness (QED) is 0.478. The lowest BCUT2D eigenvalue weighted by Gasteiger charge is -2.32. The molecule has 0 heterocycles. The summed E-state index contributed by atoms with van der Waals surface area (Å²) in [5.41, 5.74) is 7.52. The van der Waals surface area contributed by atoms with Gasteiger partial charge in [0.05, 0.1) is 6.10 Å². The van der Waals surface area contributed by atoms with Gasteiger partial charge in [-0.1, -0.05) is 72.5 Å². The number of unbranched alkanes of at least 4 members (excludes halogenated alkanes) is 1. The number of ether oxygens (including phenoxy) is 1. The molecule has 2 N–H and O–H groups in total. The summed E-state index contributed by atoms with van der Waals surface area (Å²) >= 11 is 0. The van der Waals surface area contributed by atoms with E-state index in [1.165, 1.54) is 37.7 Å². The minimum absolute atomic E-state index is 0.0883. The molecule has 0 saturated carbocycles. The normalized spacial score (nSPS) is 17.4. The molecule has 22 heavy (non-hydrogen) atoms. The van der Waals surface area contributed by atoms with Gasteiger partial charge in [-0.15, -0.1) is 0 Å². The van der Waals surface area contributed by atoms with Gasteiger partial charge < -0.3 is 10.5 Å². The number of methoxy groups -OCH3 is 1. The van der Waals surface area contributed by atoms with Gasteiger partial charge in [0.25, 0.3) is 0 Å². The van der Waals surface area contributed by atoms with Crippen LogP contribution >= 0.6 is 0 Å². The number of hydrogen-bond donors (Lipinski definition) is 1. The zero-order chi connectivity index (χ0) is 17.2. The van der Waals surface area contributed by atoms with Crippen LogP contribution in [0, 0.1) is 17.3 Å². The highest BCUT2D eigenvalue weighted by molar-refractivity contribution is 5.14. The molecule has 0 spiro atoms. The van der Waals surface area contributed by atoms with Crippen LogP contribution in [0.4, 0.5) is 0 Å². The number of nitrogens with two attached hydrogens (primary N) is 1. The van der Waals surface area contributed by atoms with Gasteiger partial charge in [0.2, 0.25) is 0 Å². The maximum atomic E-state index is 5.97. The van der Waals surface area contributed by atoms with E-state index < -0.39 is 0 Å². The smallest absolute Gasteiger partial charge is 0.0659 e. The Balaban J connectivity index is 5.17. The van der Waals surface area contributed by atoms with Crippen LogP contribution in [0.3, 0.4) is 0 Å². The monoisotopic (exact) mass is 311 g/mol. The molecule has 0 bridgehead atoms. The second-order valence-corrected chi connectivity index (χ2v) is 7.38. The third-order valence-corrected chi connectivity index (χ3v) is 5.07. The summed E-state index contributed by atoms with van der Waals surface area (Å²) in [5, 5.41) is 0. The van der Waals surface area contributed by atoms with Crippen LogP contribution < -0.4 is 5.73 Å². The Kier molecular flexibility index (Phi) is 11.1. The van der Waals surface area contributed by atoms with Crippen molar-refractivity contribution in [1.82, 2.24) is 0 Å². The third-order valence-electron chi connectivity index (χ3n) is 5.07. The molecular weight excluding hydrogens is 270 g/mol. The van der Waals surface area contributed by atoms with Crippen molar-refractivity contribution >= 4 is 0 Å². The standard InChI is InChI=1S/C20H41NO/c1-8-11-13-17(12-9-2)19(22-7)16(4)14-18(10-3)20(5,6)15-21/h14,16-17,19H,8-13,15,21H2,1-7H3/b18-14-/t16-,17+,19-/m0/s1. The number of rotatable bonds is 12. The topological polar surface area (TPSA) is 35.2 Å². The molecule has 0 aliphatic carbocycles. The fourth-order valence-corrected chi connectivity index (χ4v) is 3.51. The molecule has 0 amide bonds. The molecule has 0 saturated heterocycles. The molecule has 0 radical (unpaired) electrons. The maximum absolute atomic E-state index is 5.97. The Hall–Kier alpha value is -0.340. The Morgan fingerprint density at radius 2 is 1.77 bits per heavy atom. The lowest BCUT2D eigenvalue weighted by atomic mass is 9.78. The molecular formula is C20H41NO. The fourth-order valence-electron chi connectivity index (χ4n) is 3.51. The van der Waals surface area contributed by atoms with Gasteiger partial charge in [-0.25, -0.2) is 0 Å². The van der Waals surface area contributed by atoms with Crippen molar-refractivity contribution in [3.05, 3.63) is 11.6 Å². The van der Waals surface area contributed by atoms with Crippen molar-refractivity contribution in [2.75, 3.05) is 13.7 Å². The lowest BCUT2D eigenvalue weighted by Crippen LogP contribution is -2.31. The van der Waals surface area contributed by atoms with Gasteiger partial charge in [0.15, 0.2) is 0 Å². The second kappa shape index (κ2) is 11.2. The maximum Gasteiger partial charge on any atom is 0.0659 e. The molecule has 132 valence electrons. The van der Waals surface area contributed by atoms with E-state index in [1.807, 2.05) is 7.11 Å². The van der Waals surface area contributed by atoms with Crippen molar-refractivity contribution in [3.63, 3.8) is 0 Å². The van der Waals surface area contributed by atoms with E-state index in [0.717, 1.165) is 6.42 Å². The summed E-state index contributed by atoms with van der Waals surface area (Å²) in [7, 11) is 1.88.